The molecule has 3 rings (SSSR count). The SMILES string of the molecule is Nc1ccc(Br)c(-c2cccc(C#Cc3ccccc3)c2)c1. The number of benzene rings is 3. The maximum Gasteiger partial charge on any atom is 0.0321 e. The number of halogens is 1. The summed E-state index contributed by atoms with van der Waals surface area (Å²) in [5.41, 5.74) is 10.8. The molecule has 0 aliphatic rings. The summed E-state index contributed by atoms with van der Waals surface area (Å²) >= 11 is 3.58. The molecule has 0 atom stereocenters. The van der Waals surface area contributed by atoms with Gasteiger partial charge in [-0.1, -0.05) is 58.1 Å². The van der Waals surface area contributed by atoms with Crippen LogP contribution in [0.4, 0.5) is 5.69 Å². The minimum Gasteiger partial charge on any atom is -0.399 e. The van der Waals surface area contributed by atoms with E-state index >= 15 is 0 Å². The predicted molar refractivity (Wildman–Crippen MR) is 96.4 cm³/mol. The second-order valence-electron chi connectivity index (χ2n) is 4.94. The van der Waals surface area contributed by atoms with Crippen molar-refractivity contribution in [2.45, 2.75) is 0 Å². The van der Waals surface area contributed by atoms with Gasteiger partial charge in [-0.25, -0.2) is 0 Å². The van der Waals surface area contributed by atoms with Crippen molar-refractivity contribution in [2.75, 3.05) is 5.73 Å². The smallest absolute Gasteiger partial charge is 0.0321 e. The van der Waals surface area contributed by atoms with E-state index in [0.29, 0.717) is 0 Å². The van der Waals surface area contributed by atoms with E-state index in [1.54, 1.807) is 0 Å². The van der Waals surface area contributed by atoms with Crippen LogP contribution in [0.5, 0.6) is 0 Å². The van der Waals surface area contributed by atoms with Gasteiger partial charge >= 0.3 is 0 Å². The minimum atomic E-state index is 0.749. The molecule has 0 saturated carbocycles. The first kappa shape index (κ1) is 14.4. The standard InChI is InChI=1S/C20H14BrN/c21-20-12-11-18(22)14-19(20)17-8-4-7-16(13-17)10-9-15-5-2-1-3-6-15/h1-8,11-14H,22H2. The average Bonchev–Trinajstić information content (AvgIpc) is 2.56. The van der Waals surface area contributed by atoms with Gasteiger partial charge in [-0.05, 0) is 53.6 Å². The Kier molecular flexibility index (Phi) is 4.27. The van der Waals surface area contributed by atoms with Crippen LogP contribution in [0.3, 0.4) is 0 Å². The van der Waals surface area contributed by atoms with Gasteiger partial charge in [0.1, 0.15) is 0 Å². The Bertz CT molecular complexity index is 858. The molecule has 106 valence electrons. The van der Waals surface area contributed by atoms with Gasteiger partial charge in [0, 0.05) is 21.3 Å². The van der Waals surface area contributed by atoms with Gasteiger partial charge in [-0.2, -0.15) is 0 Å². The number of nitrogen functional groups attached to an aromatic ring is 1. The molecule has 0 fully saturated rings. The highest BCUT2D eigenvalue weighted by molar-refractivity contribution is 9.10. The van der Waals surface area contributed by atoms with Gasteiger partial charge in [-0.15, -0.1) is 0 Å². The third kappa shape index (κ3) is 3.39. The van der Waals surface area contributed by atoms with Crippen LogP contribution in [0.2, 0.25) is 0 Å². The van der Waals surface area contributed by atoms with E-state index in [-0.39, 0.29) is 0 Å². The fourth-order valence-corrected chi connectivity index (χ4v) is 2.67. The summed E-state index contributed by atoms with van der Waals surface area (Å²) < 4.78 is 1.02. The van der Waals surface area contributed by atoms with E-state index in [9.17, 15) is 0 Å². The fraction of sp³-hybridized carbons (Fsp3) is 0. The highest BCUT2D eigenvalue weighted by Gasteiger charge is 2.04. The van der Waals surface area contributed by atoms with Crippen LogP contribution in [0.25, 0.3) is 11.1 Å². The van der Waals surface area contributed by atoms with Crippen molar-refractivity contribution in [3.05, 3.63) is 88.4 Å². The Labute approximate surface area is 138 Å². The normalized spacial score (nSPS) is 9.86. The van der Waals surface area contributed by atoms with E-state index in [4.69, 9.17) is 5.73 Å². The molecule has 3 aromatic carbocycles. The predicted octanol–water partition coefficient (Wildman–Crippen LogP) is 5.10. The summed E-state index contributed by atoms with van der Waals surface area (Å²) in [6, 6.07) is 24.0. The number of rotatable bonds is 1. The molecule has 0 saturated heterocycles. The molecule has 0 radical (unpaired) electrons. The zero-order valence-electron chi connectivity index (χ0n) is 11.9. The minimum absolute atomic E-state index is 0.749. The monoisotopic (exact) mass is 347 g/mol. The van der Waals surface area contributed by atoms with Crippen molar-refractivity contribution < 1.29 is 0 Å². The second-order valence-corrected chi connectivity index (χ2v) is 5.79. The maximum atomic E-state index is 5.89. The van der Waals surface area contributed by atoms with Crippen molar-refractivity contribution in [3.8, 4) is 23.0 Å². The van der Waals surface area contributed by atoms with Gasteiger partial charge in [0.05, 0.1) is 0 Å². The Balaban J connectivity index is 1.97. The van der Waals surface area contributed by atoms with Crippen molar-refractivity contribution in [2.24, 2.45) is 0 Å². The fourth-order valence-electron chi connectivity index (χ4n) is 2.19. The molecule has 0 aromatic heterocycles. The zero-order chi connectivity index (χ0) is 15.4. The number of anilines is 1. The summed E-state index contributed by atoms with van der Waals surface area (Å²) in [6.45, 7) is 0. The Morgan fingerprint density at radius 3 is 2.27 bits per heavy atom. The highest BCUT2D eigenvalue weighted by atomic mass is 79.9. The first-order valence-electron chi connectivity index (χ1n) is 6.95. The third-order valence-electron chi connectivity index (χ3n) is 3.29. The molecular formula is C20H14BrN. The molecule has 3 aromatic rings. The first-order chi connectivity index (χ1) is 10.7. The Hall–Kier alpha value is -2.50. The molecule has 0 spiro atoms. The molecule has 0 aliphatic heterocycles. The quantitative estimate of drug-likeness (QED) is 0.481. The topological polar surface area (TPSA) is 26.0 Å². The van der Waals surface area contributed by atoms with Crippen molar-refractivity contribution >= 4 is 21.6 Å². The molecule has 0 bridgehead atoms. The van der Waals surface area contributed by atoms with Crippen LogP contribution in [0.15, 0.2) is 77.3 Å². The summed E-state index contributed by atoms with van der Waals surface area (Å²) in [5.74, 6) is 6.39. The Morgan fingerprint density at radius 2 is 1.45 bits per heavy atom. The Morgan fingerprint density at radius 1 is 0.727 bits per heavy atom. The maximum absolute atomic E-state index is 5.89. The van der Waals surface area contributed by atoms with E-state index in [0.717, 1.165) is 32.4 Å². The molecule has 1 nitrogen and oxygen atoms in total. The lowest BCUT2D eigenvalue weighted by atomic mass is 10.0. The molecule has 22 heavy (non-hydrogen) atoms. The molecule has 0 amide bonds. The van der Waals surface area contributed by atoms with Crippen LogP contribution < -0.4 is 5.73 Å². The molecular weight excluding hydrogens is 334 g/mol. The first-order valence-corrected chi connectivity index (χ1v) is 7.74. The highest BCUT2D eigenvalue weighted by Crippen LogP contribution is 2.30. The number of hydrogen-bond acceptors (Lipinski definition) is 1. The van der Waals surface area contributed by atoms with E-state index in [1.807, 2.05) is 60.7 Å². The van der Waals surface area contributed by atoms with Crippen LogP contribution >= 0.6 is 15.9 Å². The number of nitrogens with two attached hydrogens (primary N) is 1. The van der Waals surface area contributed by atoms with Crippen molar-refractivity contribution in [1.82, 2.24) is 0 Å². The average molecular weight is 348 g/mol. The summed E-state index contributed by atoms with van der Waals surface area (Å²) in [7, 11) is 0. The van der Waals surface area contributed by atoms with E-state index in [2.05, 4.69) is 39.9 Å². The van der Waals surface area contributed by atoms with Crippen LogP contribution in [-0.2, 0) is 0 Å². The van der Waals surface area contributed by atoms with Gasteiger partial charge in [0.15, 0.2) is 0 Å². The molecule has 0 aliphatic carbocycles. The molecule has 0 heterocycles. The second kappa shape index (κ2) is 6.51. The summed E-state index contributed by atoms with van der Waals surface area (Å²) in [5, 5.41) is 0. The summed E-state index contributed by atoms with van der Waals surface area (Å²) in [4.78, 5) is 0. The zero-order valence-corrected chi connectivity index (χ0v) is 13.5. The van der Waals surface area contributed by atoms with Crippen LogP contribution in [0, 0.1) is 11.8 Å². The van der Waals surface area contributed by atoms with Crippen molar-refractivity contribution in [1.29, 1.82) is 0 Å². The molecule has 2 heteroatoms. The van der Waals surface area contributed by atoms with Crippen LogP contribution in [-0.4, -0.2) is 0 Å². The van der Waals surface area contributed by atoms with Gasteiger partial charge in [0.2, 0.25) is 0 Å². The summed E-state index contributed by atoms with van der Waals surface area (Å²) in [6.07, 6.45) is 0. The molecule has 0 unspecified atom stereocenters. The van der Waals surface area contributed by atoms with E-state index in [1.165, 1.54) is 0 Å². The lowest BCUT2D eigenvalue weighted by molar-refractivity contribution is 1.56. The van der Waals surface area contributed by atoms with E-state index < -0.39 is 0 Å². The molecule has 2 N–H and O–H groups in total. The van der Waals surface area contributed by atoms with Gasteiger partial charge < -0.3 is 5.73 Å². The van der Waals surface area contributed by atoms with Gasteiger partial charge in [0.25, 0.3) is 0 Å². The van der Waals surface area contributed by atoms with Crippen LogP contribution in [0.1, 0.15) is 11.1 Å². The third-order valence-corrected chi connectivity index (χ3v) is 3.98. The number of hydrogen-bond donors (Lipinski definition) is 1. The van der Waals surface area contributed by atoms with Gasteiger partial charge in [-0.3, -0.25) is 0 Å². The largest absolute Gasteiger partial charge is 0.399 e. The lowest BCUT2D eigenvalue weighted by Gasteiger charge is -2.06. The lowest BCUT2D eigenvalue weighted by Crippen LogP contribution is -1.87. The van der Waals surface area contributed by atoms with Crippen molar-refractivity contribution in [3.63, 3.8) is 0 Å².